The van der Waals surface area contributed by atoms with E-state index < -0.39 is 0 Å². The van der Waals surface area contributed by atoms with Crippen LogP contribution in [0, 0.1) is 0 Å². The lowest BCUT2D eigenvalue weighted by atomic mass is 10.2. The highest BCUT2D eigenvalue weighted by molar-refractivity contribution is 5.11. The molecule has 0 amide bonds. The topological polar surface area (TPSA) is 46.2 Å². The summed E-state index contributed by atoms with van der Waals surface area (Å²) >= 11 is 0. The predicted molar refractivity (Wildman–Crippen MR) is 32.4 cm³/mol. The van der Waals surface area contributed by atoms with Crippen molar-refractivity contribution < 1.29 is 5.11 Å². The van der Waals surface area contributed by atoms with E-state index in [1.807, 2.05) is 6.08 Å². The summed E-state index contributed by atoms with van der Waals surface area (Å²) in [5, 5.41) is 8.56. The van der Waals surface area contributed by atoms with Crippen LogP contribution in [0.1, 0.15) is 12.8 Å². The maximum absolute atomic E-state index is 8.56. The molecule has 0 aromatic heterocycles. The summed E-state index contributed by atoms with van der Waals surface area (Å²) in [6.45, 7) is 0.188. The number of aliphatic hydroxyl groups is 1. The number of nitrogens with two attached hydrogens (primary N) is 1. The first-order valence-corrected chi connectivity index (χ1v) is 2.87. The van der Waals surface area contributed by atoms with Gasteiger partial charge in [0, 0.05) is 6.04 Å². The highest BCUT2D eigenvalue weighted by Gasteiger charge is 2.10. The van der Waals surface area contributed by atoms with E-state index in [1.54, 1.807) is 0 Å². The molecule has 0 bridgehead atoms. The van der Waals surface area contributed by atoms with Crippen molar-refractivity contribution in [1.82, 2.24) is 0 Å². The van der Waals surface area contributed by atoms with Crippen LogP contribution in [0.3, 0.4) is 0 Å². The Balaban J connectivity index is 2.37. The van der Waals surface area contributed by atoms with Crippen molar-refractivity contribution in [2.75, 3.05) is 6.61 Å². The summed E-state index contributed by atoms with van der Waals surface area (Å²) in [6, 6.07) is 0.275. The zero-order chi connectivity index (χ0) is 5.98. The van der Waals surface area contributed by atoms with Crippen molar-refractivity contribution >= 4 is 0 Å². The van der Waals surface area contributed by atoms with Crippen LogP contribution in [-0.2, 0) is 0 Å². The second-order valence-corrected chi connectivity index (χ2v) is 2.22. The SMILES string of the molecule is N[C@@H]1CC=C(CO)C1. The van der Waals surface area contributed by atoms with E-state index in [0.717, 1.165) is 18.4 Å². The van der Waals surface area contributed by atoms with Crippen molar-refractivity contribution in [3.8, 4) is 0 Å². The zero-order valence-corrected chi connectivity index (χ0v) is 4.80. The number of hydrogen-bond donors (Lipinski definition) is 2. The van der Waals surface area contributed by atoms with E-state index in [4.69, 9.17) is 10.8 Å². The molecule has 0 aromatic rings. The summed E-state index contributed by atoms with van der Waals surface area (Å²) in [5.41, 5.74) is 6.63. The standard InChI is InChI=1S/C6H11NO/c7-6-2-1-5(3-6)4-8/h1,6,8H,2-4,7H2/t6-/m1/s1. The molecule has 2 heteroatoms. The summed E-state index contributed by atoms with van der Waals surface area (Å²) < 4.78 is 0. The third-order valence-corrected chi connectivity index (χ3v) is 1.44. The van der Waals surface area contributed by atoms with Gasteiger partial charge in [0.25, 0.3) is 0 Å². The average Bonchev–Trinajstić information content (AvgIpc) is 2.14. The lowest BCUT2D eigenvalue weighted by molar-refractivity contribution is 0.327. The third kappa shape index (κ3) is 1.08. The van der Waals surface area contributed by atoms with Crippen LogP contribution in [0.4, 0.5) is 0 Å². The maximum atomic E-state index is 8.56. The molecule has 2 nitrogen and oxygen atoms in total. The predicted octanol–water partition coefficient (Wildman–Crippen LogP) is 0.0262. The quantitative estimate of drug-likeness (QED) is 0.471. The first-order chi connectivity index (χ1) is 3.83. The zero-order valence-electron chi connectivity index (χ0n) is 4.80. The second kappa shape index (κ2) is 2.29. The van der Waals surface area contributed by atoms with Gasteiger partial charge in [-0.3, -0.25) is 0 Å². The summed E-state index contributed by atoms with van der Waals surface area (Å²) in [5.74, 6) is 0. The van der Waals surface area contributed by atoms with E-state index in [0.29, 0.717) is 0 Å². The van der Waals surface area contributed by atoms with Crippen LogP contribution >= 0.6 is 0 Å². The fraction of sp³-hybridized carbons (Fsp3) is 0.667. The molecular weight excluding hydrogens is 102 g/mol. The fourth-order valence-corrected chi connectivity index (χ4v) is 0.951. The van der Waals surface area contributed by atoms with Gasteiger partial charge in [-0.05, 0) is 18.4 Å². The second-order valence-electron chi connectivity index (χ2n) is 2.22. The van der Waals surface area contributed by atoms with Gasteiger partial charge in [-0.25, -0.2) is 0 Å². The molecule has 0 aliphatic heterocycles. The summed E-state index contributed by atoms with van der Waals surface area (Å²) in [4.78, 5) is 0. The molecule has 0 saturated heterocycles. The summed E-state index contributed by atoms with van der Waals surface area (Å²) in [6.07, 6.45) is 3.84. The van der Waals surface area contributed by atoms with Crippen molar-refractivity contribution in [3.63, 3.8) is 0 Å². The van der Waals surface area contributed by atoms with Crippen LogP contribution in [0.5, 0.6) is 0 Å². The Labute approximate surface area is 49.0 Å². The van der Waals surface area contributed by atoms with E-state index in [9.17, 15) is 0 Å². The molecule has 0 radical (unpaired) electrons. The Hall–Kier alpha value is -0.340. The van der Waals surface area contributed by atoms with Crippen molar-refractivity contribution in [2.24, 2.45) is 5.73 Å². The van der Waals surface area contributed by atoms with Gasteiger partial charge < -0.3 is 10.8 Å². The van der Waals surface area contributed by atoms with Crippen LogP contribution < -0.4 is 5.73 Å². The highest BCUT2D eigenvalue weighted by atomic mass is 16.3. The Morgan fingerprint density at radius 1 is 1.88 bits per heavy atom. The number of aliphatic hydroxyl groups excluding tert-OH is 1. The largest absolute Gasteiger partial charge is 0.392 e. The minimum atomic E-state index is 0.188. The van der Waals surface area contributed by atoms with Gasteiger partial charge in [-0.15, -0.1) is 0 Å². The smallest absolute Gasteiger partial charge is 0.0642 e. The molecule has 1 aliphatic carbocycles. The van der Waals surface area contributed by atoms with Crippen molar-refractivity contribution in [2.45, 2.75) is 18.9 Å². The number of rotatable bonds is 1. The first-order valence-electron chi connectivity index (χ1n) is 2.87. The van der Waals surface area contributed by atoms with Gasteiger partial charge in [0.05, 0.1) is 6.61 Å². The monoisotopic (exact) mass is 113 g/mol. The van der Waals surface area contributed by atoms with Crippen molar-refractivity contribution in [1.29, 1.82) is 0 Å². The molecular formula is C6H11NO. The Bertz CT molecular complexity index is 109. The molecule has 0 saturated carbocycles. The first kappa shape index (κ1) is 5.79. The van der Waals surface area contributed by atoms with Gasteiger partial charge >= 0.3 is 0 Å². The van der Waals surface area contributed by atoms with Crippen molar-refractivity contribution in [3.05, 3.63) is 11.6 Å². The van der Waals surface area contributed by atoms with Gasteiger partial charge in [0.1, 0.15) is 0 Å². The van der Waals surface area contributed by atoms with Gasteiger partial charge in [0.2, 0.25) is 0 Å². The lowest BCUT2D eigenvalue weighted by Gasteiger charge is -1.98. The minimum Gasteiger partial charge on any atom is -0.392 e. The molecule has 0 aromatic carbocycles. The van der Waals surface area contributed by atoms with E-state index in [-0.39, 0.29) is 12.6 Å². The fourth-order valence-electron chi connectivity index (χ4n) is 0.951. The molecule has 8 heavy (non-hydrogen) atoms. The molecule has 3 N–H and O–H groups in total. The molecule has 0 fully saturated rings. The summed E-state index contributed by atoms with van der Waals surface area (Å²) in [7, 11) is 0. The lowest BCUT2D eigenvalue weighted by Crippen LogP contribution is -2.15. The maximum Gasteiger partial charge on any atom is 0.0642 e. The average molecular weight is 113 g/mol. The molecule has 0 unspecified atom stereocenters. The normalized spacial score (nSPS) is 28.2. The van der Waals surface area contributed by atoms with Crippen LogP contribution in [-0.4, -0.2) is 17.8 Å². The van der Waals surface area contributed by atoms with E-state index >= 15 is 0 Å². The molecule has 1 atom stereocenters. The molecule has 46 valence electrons. The Kier molecular flexibility index (Phi) is 1.65. The third-order valence-electron chi connectivity index (χ3n) is 1.44. The highest BCUT2D eigenvalue weighted by Crippen LogP contribution is 2.15. The van der Waals surface area contributed by atoms with Crippen LogP contribution in [0.25, 0.3) is 0 Å². The van der Waals surface area contributed by atoms with Gasteiger partial charge in [-0.1, -0.05) is 6.08 Å². The Morgan fingerprint density at radius 2 is 2.62 bits per heavy atom. The van der Waals surface area contributed by atoms with Gasteiger partial charge in [0.15, 0.2) is 0 Å². The molecule has 0 spiro atoms. The van der Waals surface area contributed by atoms with Gasteiger partial charge in [-0.2, -0.15) is 0 Å². The van der Waals surface area contributed by atoms with E-state index in [2.05, 4.69) is 0 Å². The molecule has 1 rings (SSSR count). The molecule has 0 heterocycles. The van der Waals surface area contributed by atoms with Crippen LogP contribution in [0.2, 0.25) is 0 Å². The van der Waals surface area contributed by atoms with Crippen LogP contribution in [0.15, 0.2) is 11.6 Å². The number of hydrogen-bond acceptors (Lipinski definition) is 2. The Morgan fingerprint density at radius 3 is 2.88 bits per heavy atom. The minimum absolute atomic E-state index is 0.188. The van der Waals surface area contributed by atoms with E-state index in [1.165, 1.54) is 0 Å². The molecule has 1 aliphatic rings.